The molecule has 1 fully saturated rings. The number of piperidine rings is 1. The Balaban J connectivity index is 0.000000381. The molecule has 1 aliphatic rings. The number of hydrogen-bond donors (Lipinski definition) is 0. The third kappa shape index (κ3) is 8.45. The van der Waals surface area contributed by atoms with Crippen LogP contribution in [0.4, 0.5) is 0 Å². The first-order valence-corrected chi connectivity index (χ1v) is 9.16. The molecule has 23 heavy (non-hydrogen) atoms. The number of nitrogens with zero attached hydrogens (tertiary/aromatic N) is 3. The minimum atomic E-state index is 0.0707. The van der Waals surface area contributed by atoms with E-state index in [-0.39, 0.29) is 5.41 Å². The first kappa shape index (κ1) is 22.0. The molecule has 1 aliphatic heterocycles. The van der Waals surface area contributed by atoms with Crippen molar-refractivity contribution in [3.63, 3.8) is 0 Å². The van der Waals surface area contributed by atoms with Gasteiger partial charge in [-0.05, 0) is 53.1 Å². The van der Waals surface area contributed by atoms with E-state index < -0.39 is 0 Å². The van der Waals surface area contributed by atoms with Crippen molar-refractivity contribution in [1.82, 2.24) is 14.9 Å². The van der Waals surface area contributed by atoms with E-state index in [4.69, 9.17) is 0 Å². The van der Waals surface area contributed by atoms with Crippen molar-refractivity contribution < 1.29 is 0 Å². The van der Waals surface area contributed by atoms with E-state index in [0.29, 0.717) is 5.54 Å². The molecule has 1 aromatic heterocycles. The first-order chi connectivity index (χ1) is 10.6. The van der Waals surface area contributed by atoms with Crippen LogP contribution in [0.3, 0.4) is 0 Å². The molecule has 0 radical (unpaired) electrons. The molecule has 1 aromatic rings. The van der Waals surface area contributed by atoms with Crippen LogP contribution in [0.15, 0.2) is 18.5 Å². The monoisotopic (exact) mass is 321 g/mol. The standard InChI is InChI=1S/C10H21N.C8H12N2.C2H6/c1-9-7-5-6-8-11(9)10(2,3)4;1-8(2,3)7-9-5-4-6-10-7;1-2/h9H,5-8H2,1-4H3;4-6H,1-3H3;1-2H3. The van der Waals surface area contributed by atoms with Crippen LogP contribution in [0, 0.1) is 0 Å². The second-order valence-corrected chi connectivity index (χ2v) is 8.03. The van der Waals surface area contributed by atoms with Crippen molar-refractivity contribution in [2.24, 2.45) is 0 Å². The fourth-order valence-electron chi connectivity index (χ4n) is 2.78. The Bertz CT molecular complexity index is 401. The van der Waals surface area contributed by atoms with Crippen LogP contribution in [-0.4, -0.2) is 33.0 Å². The zero-order chi connectivity index (χ0) is 18.1. The van der Waals surface area contributed by atoms with E-state index in [2.05, 4.69) is 63.3 Å². The van der Waals surface area contributed by atoms with Gasteiger partial charge in [0.1, 0.15) is 5.82 Å². The van der Waals surface area contributed by atoms with Crippen molar-refractivity contribution in [2.75, 3.05) is 6.54 Å². The highest BCUT2D eigenvalue weighted by Gasteiger charge is 2.27. The Morgan fingerprint density at radius 2 is 1.48 bits per heavy atom. The molecule has 0 aliphatic carbocycles. The summed E-state index contributed by atoms with van der Waals surface area (Å²) in [4.78, 5) is 10.9. The van der Waals surface area contributed by atoms with Gasteiger partial charge in [0.05, 0.1) is 0 Å². The van der Waals surface area contributed by atoms with Gasteiger partial charge in [0.15, 0.2) is 0 Å². The second kappa shape index (κ2) is 10.0. The molecule has 3 heteroatoms. The number of aromatic nitrogens is 2. The van der Waals surface area contributed by atoms with Crippen LogP contribution in [0.25, 0.3) is 0 Å². The maximum atomic E-state index is 4.14. The minimum absolute atomic E-state index is 0.0707. The van der Waals surface area contributed by atoms with Gasteiger partial charge in [0.25, 0.3) is 0 Å². The molecule has 2 heterocycles. The molecule has 1 unspecified atom stereocenters. The van der Waals surface area contributed by atoms with Crippen molar-refractivity contribution >= 4 is 0 Å². The van der Waals surface area contributed by atoms with Crippen molar-refractivity contribution in [2.45, 2.75) is 98.6 Å². The summed E-state index contributed by atoms with van der Waals surface area (Å²) in [7, 11) is 0. The van der Waals surface area contributed by atoms with Gasteiger partial charge >= 0.3 is 0 Å². The molecule has 3 nitrogen and oxygen atoms in total. The highest BCUT2D eigenvalue weighted by Crippen LogP contribution is 2.24. The van der Waals surface area contributed by atoms with Gasteiger partial charge < -0.3 is 0 Å². The largest absolute Gasteiger partial charge is 0.296 e. The fourth-order valence-corrected chi connectivity index (χ4v) is 2.78. The molecule has 1 atom stereocenters. The molecule has 134 valence electrons. The predicted octanol–water partition coefficient (Wildman–Crippen LogP) is 5.46. The second-order valence-electron chi connectivity index (χ2n) is 8.03. The predicted molar refractivity (Wildman–Crippen MR) is 102 cm³/mol. The molecule has 0 saturated carbocycles. The van der Waals surface area contributed by atoms with Gasteiger partial charge in [-0.1, -0.05) is 41.0 Å². The Kier molecular flexibility index (Phi) is 9.60. The van der Waals surface area contributed by atoms with Gasteiger partial charge in [-0.25, -0.2) is 9.97 Å². The zero-order valence-corrected chi connectivity index (χ0v) is 17.0. The topological polar surface area (TPSA) is 29.0 Å². The van der Waals surface area contributed by atoms with E-state index in [1.807, 2.05) is 19.9 Å². The van der Waals surface area contributed by atoms with Gasteiger partial charge in [-0.2, -0.15) is 0 Å². The number of rotatable bonds is 0. The summed E-state index contributed by atoms with van der Waals surface area (Å²) >= 11 is 0. The van der Waals surface area contributed by atoms with E-state index in [1.165, 1.54) is 25.8 Å². The molecular formula is C20H39N3. The van der Waals surface area contributed by atoms with Crippen LogP contribution in [0.2, 0.25) is 0 Å². The van der Waals surface area contributed by atoms with Crippen molar-refractivity contribution in [1.29, 1.82) is 0 Å². The molecule has 0 aromatic carbocycles. The lowest BCUT2D eigenvalue weighted by molar-refractivity contribution is 0.0609. The molecule has 2 rings (SSSR count). The van der Waals surface area contributed by atoms with Gasteiger partial charge in [-0.3, -0.25) is 4.90 Å². The lowest BCUT2D eigenvalue weighted by Crippen LogP contribution is -2.49. The van der Waals surface area contributed by atoms with Crippen LogP contribution in [0.5, 0.6) is 0 Å². The summed E-state index contributed by atoms with van der Waals surface area (Å²) in [6, 6.07) is 2.62. The first-order valence-electron chi connectivity index (χ1n) is 9.16. The van der Waals surface area contributed by atoms with Crippen LogP contribution in [-0.2, 0) is 5.41 Å². The van der Waals surface area contributed by atoms with Gasteiger partial charge in [0.2, 0.25) is 0 Å². The lowest BCUT2D eigenvalue weighted by atomic mass is 9.96. The Hall–Kier alpha value is -0.960. The maximum Gasteiger partial charge on any atom is 0.133 e. The van der Waals surface area contributed by atoms with E-state index in [0.717, 1.165) is 11.9 Å². The summed E-state index contributed by atoms with van der Waals surface area (Å²) < 4.78 is 0. The fraction of sp³-hybridized carbons (Fsp3) is 0.800. The molecule has 0 spiro atoms. The van der Waals surface area contributed by atoms with Crippen LogP contribution < -0.4 is 0 Å². The summed E-state index contributed by atoms with van der Waals surface area (Å²) in [6.45, 7) is 20.9. The normalized spacial score (nSPS) is 19.1. The van der Waals surface area contributed by atoms with E-state index in [9.17, 15) is 0 Å². The average Bonchev–Trinajstić information content (AvgIpc) is 2.49. The van der Waals surface area contributed by atoms with E-state index >= 15 is 0 Å². The summed E-state index contributed by atoms with van der Waals surface area (Å²) in [6.07, 6.45) is 7.74. The summed E-state index contributed by atoms with van der Waals surface area (Å²) in [5.41, 5.74) is 0.446. The van der Waals surface area contributed by atoms with Gasteiger partial charge in [0, 0.05) is 29.4 Å². The quantitative estimate of drug-likeness (QED) is 0.635. The minimum Gasteiger partial charge on any atom is -0.296 e. The van der Waals surface area contributed by atoms with Gasteiger partial charge in [-0.15, -0.1) is 0 Å². The third-order valence-electron chi connectivity index (χ3n) is 3.90. The SMILES string of the molecule is CC.CC(C)(C)c1ncccn1.CC1CCCCN1C(C)(C)C. The molecular weight excluding hydrogens is 282 g/mol. The van der Waals surface area contributed by atoms with E-state index in [1.54, 1.807) is 12.4 Å². The van der Waals surface area contributed by atoms with Crippen molar-refractivity contribution in [3.8, 4) is 0 Å². The maximum absolute atomic E-state index is 4.14. The van der Waals surface area contributed by atoms with Crippen molar-refractivity contribution in [3.05, 3.63) is 24.3 Å². The number of likely N-dealkylation sites (tertiary alicyclic amines) is 1. The Labute approximate surface area is 144 Å². The molecule has 0 amide bonds. The molecule has 0 bridgehead atoms. The highest BCUT2D eigenvalue weighted by molar-refractivity contribution is 5.00. The lowest BCUT2D eigenvalue weighted by Gasteiger charge is -2.43. The Morgan fingerprint density at radius 1 is 0.957 bits per heavy atom. The summed E-state index contributed by atoms with van der Waals surface area (Å²) in [5, 5.41) is 0. The molecule has 0 N–H and O–H groups in total. The smallest absolute Gasteiger partial charge is 0.133 e. The van der Waals surface area contributed by atoms with Crippen LogP contribution in [0.1, 0.15) is 87.4 Å². The number of hydrogen-bond acceptors (Lipinski definition) is 3. The zero-order valence-electron chi connectivity index (χ0n) is 17.0. The average molecular weight is 322 g/mol. The highest BCUT2D eigenvalue weighted by atomic mass is 15.2. The summed E-state index contributed by atoms with van der Waals surface area (Å²) in [5.74, 6) is 0.898. The third-order valence-corrected chi connectivity index (χ3v) is 3.90. The van der Waals surface area contributed by atoms with Crippen LogP contribution >= 0.6 is 0 Å². The molecule has 1 saturated heterocycles. The Morgan fingerprint density at radius 3 is 1.78 bits per heavy atom.